The molecule has 4 aromatic rings. The van der Waals surface area contributed by atoms with Crippen molar-refractivity contribution >= 4 is 34.0 Å². The maximum Gasteiger partial charge on any atom is 0.255 e. The molecule has 0 unspecified atom stereocenters. The monoisotopic (exact) mass is 379 g/mol. The summed E-state index contributed by atoms with van der Waals surface area (Å²) in [4.78, 5) is 21.2. The Morgan fingerprint density at radius 3 is 2.89 bits per heavy atom. The molecular formula is C20H17N3O3S. The molecule has 7 heteroatoms. The predicted octanol–water partition coefficient (Wildman–Crippen LogP) is 4.73. The molecule has 0 aliphatic rings. The minimum absolute atomic E-state index is 0.218. The first-order valence-corrected chi connectivity index (χ1v) is 9.27. The Kier molecular flexibility index (Phi) is 4.60. The molecular weight excluding hydrogens is 362 g/mol. The van der Waals surface area contributed by atoms with Gasteiger partial charge >= 0.3 is 0 Å². The van der Waals surface area contributed by atoms with Crippen LogP contribution in [0.2, 0.25) is 0 Å². The average Bonchev–Trinajstić information content (AvgIpc) is 3.24. The van der Waals surface area contributed by atoms with Crippen LogP contribution in [-0.4, -0.2) is 15.9 Å². The summed E-state index contributed by atoms with van der Waals surface area (Å²) in [5, 5.41) is 5.84. The van der Waals surface area contributed by atoms with E-state index in [0.29, 0.717) is 40.6 Å². The van der Waals surface area contributed by atoms with Crippen LogP contribution in [0, 0.1) is 13.8 Å². The van der Waals surface area contributed by atoms with Crippen molar-refractivity contribution in [3.05, 3.63) is 70.0 Å². The maximum absolute atomic E-state index is 12.6. The van der Waals surface area contributed by atoms with Gasteiger partial charge in [-0.1, -0.05) is 6.07 Å². The number of oxazole rings is 1. The fourth-order valence-electron chi connectivity index (χ4n) is 2.68. The first-order chi connectivity index (χ1) is 13.1. The Morgan fingerprint density at radius 2 is 2.07 bits per heavy atom. The second-order valence-corrected chi connectivity index (χ2v) is 7.11. The van der Waals surface area contributed by atoms with Crippen molar-refractivity contribution in [3.63, 3.8) is 0 Å². The van der Waals surface area contributed by atoms with Gasteiger partial charge in [-0.25, -0.2) is 9.97 Å². The Hall–Kier alpha value is -3.19. The van der Waals surface area contributed by atoms with Gasteiger partial charge in [0.15, 0.2) is 11.5 Å². The highest BCUT2D eigenvalue weighted by molar-refractivity contribution is 7.09. The number of amides is 1. The van der Waals surface area contributed by atoms with Gasteiger partial charge in [0.05, 0.1) is 10.7 Å². The third-order valence-corrected chi connectivity index (χ3v) is 4.72. The molecule has 2 aromatic carbocycles. The summed E-state index contributed by atoms with van der Waals surface area (Å²) < 4.78 is 11.2. The number of fused-ring (bicyclic) bond motifs is 1. The summed E-state index contributed by atoms with van der Waals surface area (Å²) in [5.74, 6) is 0.994. The number of nitrogens with zero attached hydrogens (tertiary/aromatic N) is 2. The Bertz CT molecular complexity index is 1120. The summed E-state index contributed by atoms with van der Waals surface area (Å²) in [5.41, 5.74) is 3.45. The van der Waals surface area contributed by atoms with Crippen LogP contribution in [0.15, 0.2) is 52.3 Å². The van der Waals surface area contributed by atoms with Gasteiger partial charge < -0.3 is 14.5 Å². The number of carbonyl (C=O) groups excluding carboxylic acids is 1. The van der Waals surface area contributed by atoms with E-state index in [4.69, 9.17) is 9.15 Å². The maximum atomic E-state index is 12.6. The third kappa shape index (κ3) is 3.98. The molecule has 0 saturated heterocycles. The summed E-state index contributed by atoms with van der Waals surface area (Å²) in [6.45, 7) is 4.12. The molecule has 0 radical (unpaired) electrons. The zero-order chi connectivity index (χ0) is 18.8. The number of rotatable bonds is 5. The Balaban J connectivity index is 1.46. The molecule has 136 valence electrons. The standard InChI is InChI=1S/C20H17N3O3S/c1-12-21-18-9-15(6-7-19(18)26-12)23-20(24)14-4-3-5-17(8-14)25-10-16-11-27-13(2)22-16/h3-9,11H,10H2,1-2H3,(H,23,24). The Labute approximate surface area is 159 Å². The van der Waals surface area contributed by atoms with E-state index in [2.05, 4.69) is 15.3 Å². The van der Waals surface area contributed by atoms with E-state index in [-0.39, 0.29) is 5.91 Å². The molecule has 0 spiro atoms. The van der Waals surface area contributed by atoms with Crippen molar-refractivity contribution in [1.29, 1.82) is 0 Å². The second-order valence-electron chi connectivity index (χ2n) is 6.04. The number of anilines is 1. The van der Waals surface area contributed by atoms with Crippen LogP contribution in [0.25, 0.3) is 11.1 Å². The van der Waals surface area contributed by atoms with Gasteiger partial charge in [-0.2, -0.15) is 0 Å². The normalized spacial score (nSPS) is 10.9. The number of nitrogens with one attached hydrogen (secondary N) is 1. The van der Waals surface area contributed by atoms with E-state index < -0.39 is 0 Å². The van der Waals surface area contributed by atoms with E-state index >= 15 is 0 Å². The van der Waals surface area contributed by atoms with Gasteiger partial charge in [0, 0.05) is 23.6 Å². The summed E-state index contributed by atoms with van der Waals surface area (Å²) in [6, 6.07) is 12.4. The van der Waals surface area contributed by atoms with Gasteiger partial charge in [-0.05, 0) is 43.3 Å². The molecule has 0 saturated carbocycles. The van der Waals surface area contributed by atoms with Crippen molar-refractivity contribution in [1.82, 2.24) is 9.97 Å². The molecule has 0 fully saturated rings. The third-order valence-electron chi connectivity index (χ3n) is 3.90. The first kappa shape index (κ1) is 17.2. The highest BCUT2D eigenvalue weighted by atomic mass is 32.1. The zero-order valence-corrected chi connectivity index (χ0v) is 15.7. The lowest BCUT2D eigenvalue weighted by Gasteiger charge is -2.08. The van der Waals surface area contributed by atoms with Crippen molar-refractivity contribution in [2.24, 2.45) is 0 Å². The molecule has 0 aliphatic carbocycles. The van der Waals surface area contributed by atoms with E-state index in [0.717, 1.165) is 10.7 Å². The fraction of sp³-hybridized carbons (Fsp3) is 0.150. The largest absolute Gasteiger partial charge is 0.487 e. The second kappa shape index (κ2) is 7.20. The summed E-state index contributed by atoms with van der Waals surface area (Å²) >= 11 is 1.58. The molecule has 0 atom stereocenters. The number of benzene rings is 2. The van der Waals surface area contributed by atoms with Gasteiger partial charge in [-0.3, -0.25) is 4.79 Å². The first-order valence-electron chi connectivity index (χ1n) is 8.39. The van der Waals surface area contributed by atoms with Crippen LogP contribution in [0.1, 0.15) is 27.0 Å². The van der Waals surface area contributed by atoms with E-state index in [9.17, 15) is 4.79 Å². The van der Waals surface area contributed by atoms with Gasteiger partial charge in [0.1, 0.15) is 17.9 Å². The number of aromatic nitrogens is 2. The van der Waals surface area contributed by atoms with Crippen LogP contribution >= 0.6 is 11.3 Å². The minimum atomic E-state index is -0.218. The molecule has 4 rings (SSSR count). The summed E-state index contributed by atoms with van der Waals surface area (Å²) in [6.07, 6.45) is 0. The Morgan fingerprint density at radius 1 is 1.19 bits per heavy atom. The quantitative estimate of drug-likeness (QED) is 0.542. The van der Waals surface area contributed by atoms with Crippen LogP contribution in [0.4, 0.5) is 5.69 Å². The fourth-order valence-corrected chi connectivity index (χ4v) is 3.28. The van der Waals surface area contributed by atoms with Gasteiger partial charge in [-0.15, -0.1) is 11.3 Å². The lowest BCUT2D eigenvalue weighted by atomic mass is 10.2. The van der Waals surface area contributed by atoms with E-state index in [1.54, 1.807) is 54.7 Å². The number of aryl methyl sites for hydroxylation is 2. The molecule has 0 bridgehead atoms. The van der Waals surface area contributed by atoms with Crippen LogP contribution in [0.3, 0.4) is 0 Å². The number of thiazole rings is 1. The lowest BCUT2D eigenvalue weighted by Crippen LogP contribution is -2.12. The highest BCUT2D eigenvalue weighted by Gasteiger charge is 2.10. The van der Waals surface area contributed by atoms with E-state index in [1.165, 1.54) is 0 Å². The molecule has 2 heterocycles. The van der Waals surface area contributed by atoms with Crippen molar-refractivity contribution in [2.45, 2.75) is 20.5 Å². The molecule has 0 aliphatic heterocycles. The number of carbonyl (C=O) groups is 1. The molecule has 2 aromatic heterocycles. The van der Waals surface area contributed by atoms with Crippen molar-refractivity contribution in [2.75, 3.05) is 5.32 Å². The van der Waals surface area contributed by atoms with Crippen LogP contribution in [-0.2, 0) is 6.61 Å². The average molecular weight is 379 g/mol. The smallest absolute Gasteiger partial charge is 0.255 e. The zero-order valence-electron chi connectivity index (χ0n) is 14.9. The lowest BCUT2D eigenvalue weighted by molar-refractivity contribution is 0.102. The minimum Gasteiger partial charge on any atom is -0.487 e. The number of hydrogen-bond donors (Lipinski definition) is 1. The topological polar surface area (TPSA) is 77.2 Å². The molecule has 27 heavy (non-hydrogen) atoms. The summed E-state index contributed by atoms with van der Waals surface area (Å²) in [7, 11) is 0. The SMILES string of the molecule is Cc1nc2cc(NC(=O)c3cccc(OCc4csc(C)n4)c3)ccc2o1. The van der Waals surface area contributed by atoms with Crippen LogP contribution in [0.5, 0.6) is 5.75 Å². The van der Waals surface area contributed by atoms with Crippen molar-refractivity contribution in [3.8, 4) is 5.75 Å². The molecule has 1 N–H and O–H groups in total. The van der Waals surface area contributed by atoms with Gasteiger partial charge in [0.25, 0.3) is 5.91 Å². The van der Waals surface area contributed by atoms with E-state index in [1.807, 2.05) is 18.4 Å². The van der Waals surface area contributed by atoms with Crippen LogP contribution < -0.4 is 10.1 Å². The predicted molar refractivity (Wildman–Crippen MR) is 104 cm³/mol. The molecule has 6 nitrogen and oxygen atoms in total. The van der Waals surface area contributed by atoms with Gasteiger partial charge in [0.2, 0.25) is 0 Å². The molecule has 1 amide bonds. The number of hydrogen-bond acceptors (Lipinski definition) is 6. The highest BCUT2D eigenvalue weighted by Crippen LogP contribution is 2.21. The number of ether oxygens (including phenoxy) is 1. The van der Waals surface area contributed by atoms with Crippen molar-refractivity contribution < 1.29 is 13.9 Å².